The molecular weight excluding hydrogens is 218 g/mol. The van der Waals surface area contributed by atoms with E-state index >= 15 is 0 Å². The van der Waals surface area contributed by atoms with Gasteiger partial charge in [-0.3, -0.25) is 9.59 Å². The zero-order valence-corrected chi connectivity index (χ0v) is 8.57. The fourth-order valence-electron chi connectivity index (χ4n) is 1.29. The molecule has 0 unspecified atom stereocenters. The fraction of sp³-hybridized carbons (Fsp3) is 0.273. The lowest BCUT2D eigenvalue weighted by Crippen LogP contribution is -2.01. The van der Waals surface area contributed by atoms with E-state index in [1.165, 1.54) is 0 Å². The molecule has 0 spiro atoms. The summed E-state index contributed by atoms with van der Waals surface area (Å²) in [5, 5.41) is 0. The lowest BCUT2D eigenvalue weighted by atomic mass is 10.0. The lowest BCUT2D eigenvalue weighted by Gasteiger charge is -2.11. The van der Waals surface area contributed by atoms with Gasteiger partial charge in [0.1, 0.15) is 5.75 Å². The van der Waals surface area contributed by atoms with Crippen LogP contribution in [0.2, 0.25) is 0 Å². The Hall–Kier alpha value is -1.78. The van der Waals surface area contributed by atoms with E-state index in [2.05, 4.69) is 0 Å². The van der Waals surface area contributed by atoms with Gasteiger partial charge < -0.3 is 4.74 Å². The van der Waals surface area contributed by atoms with Crippen molar-refractivity contribution in [3.8, 4) is 5.75 Å². The third-order valence-corrected chi connectivity index (χ3v) is 2.00. The highest BCUT2D eigenvalue weighted by Crippen LogP contribution is 2.31. The number of ether oxygens (including phenoxy) is 1. The van der Waals surface area contributed by atoms with Crippen LogP contribution in [0, 0.1) is 0 Å². The van der Waals surface area contributed by atoms with E-state index in [4.69, 9.17) is 4.74 Å². The number of halogens is 2. The molecule has 1 rings (SSSR count). The average Bonchev–Trinajstić information content (AvgIpc) is 2.28. The van der Waals surface area contributed by atoms with E-state index in [1.54, 1.807) is 6.92 Å². The smallest absolute Gasteiger partial charge is 0.267 e. The van der Waals surface area contributed by atoms with Crippen molar-refractivity contribution >= 4 is 12.6 Å². The summed E-state index contributed by atoms with van der Waals surface area (Å²) in [4.78, 5) is 21.2. The average molecular weight is 228 g/mol. The topological polar surface area (TPSA) is 43.4 Å². The molecule has 0 aliphatic heterocycles. The Kier molecular flexibility index (Phi) is 4.10. The van der Waals surface area contributed by atoms with Crippen LogP contribution < -0.4 is 4.74 Å². The predicted molar refractivity (Wildman–Crippen MR) is 53.3 cm³/mol. The van der Waals surface area contributed by atoms with Crippen LogP contribution in [0.1, 0.15) is 39.6 Å². The van der Waals surface area contributed by atoms with Gasteiger partial charge in [0.15, 0.2) is 12.6 Å². The van der Waals surface area contributed by atoms with Gasteiger partial charge in [0.05, 0.1) is 12.2 Å². The van der Waals surface area contributed by atoms with E-state index in [-0.39, 0.29) is 29.0 Å². The van der Waals surface area contributed by atoms with Crippen LogP contribution in [0.5, 0.6) is 5.75 Å². The van der Waals surface area contributed by atoms with Crippen LogP contribution >= 0.6 is 0 Å². The molecule has 0 radical (unpaired) electrons. The number of carbonyl (C=O) groups excluding carboxylic acids is 2. The first-order valence-corrected chi connectivity index (χ1v) is 4.63. The van der Waals surface area contributed by atoms with Crippen LogP contribution in [-0.2, 0) is 0 Å². The molecule has 0 saturated heterocycles. The molecule has 0 saturated carbocycles. The first-order chi connectivity index (χ1) is 7.63. The Balaban J connectivity index is 3.34. The Morgan fingerprint density at radius 1 is 1.25 bits per heavy atom. The number of alkyl halides is 2. The molecule has 1 aromatic carbocycles. The van der Waals surface area contributed by atoms with Gasteiger partial charge in [-0.2, -0.15) is 0 Å². The summed E-state index contributed by atoms with van der Waals surface area (Å²) in [5.41, 5.74) is -0.397. The Labute approximate surface area is 91.0 Å². The van der Waals surface area contributed by atoms with Crippen molar-refractivity contribution in [3.63, 3.8) is 0 Å². The monoisotopic (exact) mass is 228 g/mol. The van der Waals surface area contributed by atoms with Crippen molar-refractivity contribution in [2.75, 3.05) is 6.61 Å². The van der Waals surface area contributed by atoms with Gasteiger partial charge in [0, 0.05) is 11.1 Å². The number of rotatable bonds is 5. The third-order valence-electron chi connectivity index (χ3n) is 2.00. The van der Waals surface area contributed by atoms with Crippen LogP contribution in [0.15, 0.2) is 12.1 Å². The van der Waals surface area contributed by atoms with Gasteiger partial charge in [-0.15, -0.1) is 0 Å². The van der Waals surface area contributed by atoms with Crippen LogP contribution in [0.4, 0.5) is 8.78 Å². The van der Waals surface area contributed by atoms with Crippen molar-refractivity contribution in [3.05, 3.63) is 28.8 Å². The molecule has 0 bridgehead atoms. The largest absolute Gasteiger partial charge is 0.493 e. The minimum Gasteiger partial charge on any atom is -0.493 e. The number of benzene rings is 1. The molecule has 86 valence electrons. The molecule has 0 amide bonds. The van der Waals surface area contributed by atoms with Crippen LogP contribution in [-0.4, -0.2) is 19.2 Å². The standard InChI is InChI=1S/C11H10F2O3/c1-2-16-10-4-8(6-15)7(5-14)3-9(10)11(12)13/h3-6,11H,2H2,1H3. The number of hydrogen-bond acceptors (Lipinski definition) is 3. The number of hydrogen-bond donors (Lipinski definition) is 0. The molecule has 0 aromatic heterocycles. The Bertz CT molecular complexity index is 402. The highest BCUT2D eigenvalue weighted by Gasteiger charge is 2.17. The van der Waals surface area contributed by atoms with Crippen LogP contribution in [0.25, 0.3) is 0 Å². The quantitative estimate of drug-likeness (QED) is 0.727. The maximum Gasteiger partial charge on any atom is 0.267 e. The zero-order valence-electron chi connectivity index (χ0n) is 8.57. The summed E-state index contributed by atoms with van der Waals surface area (Å²) in [5.74, 6) is -0.0646. The van der Waals surface area contributed by atoms with E-state index in [9.17, 15) is 18.4 Å². The van der Waals surface area contributed by atoms with Crippen molar-refractivity contribution in [1.82, 2.24) is 0 Å². The predicted octanol–water partition coefficient (Wildman–Crippen LogP) is 2.65. The third kappa shape index (κ3) is 2.42. The summed E-state index contributed by atoms with van der Waals surface area (Å²) in [7, 11) is 0. The SMILES string of the molecule is CCOc1cc(C=O)c(C=O)cc1C(F)F. The summed E-state index contributed by atoms with van der Waals surface area (Å²) in [6.45, 7) is 1.85. The molecule has 0 fully saturated rings. The van der Waals surface area contributed by atoms with Gasteiger partial charge in [0.2, 0.25) is 0 Å². The molecule has 3 nitrogen and oxygen atoms in total. The second-order valence-electron chi connectivity index (χ2n) is 2.99. The summed E-state index contributed by atoms with van der Waals surface area (Å²) >= 11 is 0. The van der Waals surface area contributed by atoms with Crippen molar-refractivity contribution in [2.45, 2.75) is 13.3 Å². The van der Waals surface area contributed by atoms with E-state index in [0.717, 1.165) is 12.1 Å². The zero-order chi connectivity index (χ0) is 12.1. The number of carbonyl (C=O) groups is 2. The molecule has 16 heavy (non-hydrogen) atoms. The normalized spacial score (nSPS) is 10.2. The van der Waals surface area contributed by atoms with Gasteiger partial charge in [-0.25, -0.2) is 8.78 Å². The molecule has 0 aliphatic rings. The lowest BCUT2D eigenvalue weighted by molar-refractivity contribution is 0.109. The van der Waals surface area contributed by atoms with Crippen molar-refractivity contribution in [2.24, 2.45) is 0 Å². The first-order valence-electron chi connectivity index (χ1n) is 4.63. The highest BCUT2D eigenvalue weighted by molar-refractivity contribution is 5.91. The minimum atomic E-state index is -2.75. The van der Waals surface area contributed by atoms with Crippen molar-refractivity contribution in [1.29, 1.82) is 0 Å². The Morgan fingerprint density at radius 3 is 2.25 bits per heavy atom. The fourth-order valence-corrected chi connectivity index (χ4v) is 1.29. The summed E-state index contributed by atoms with van der Waals surface area (Å²) < 4.78 is 30.2. The first kappa shape index (κ1) is 12.3. The summed E-state index contributed by atoms with van der Waals surface area (Å²) in [6.07, 6.45) is -1.95. The van der Waals surface area contributed by atoms with Gasteiger partial charge in [-0.05, 0) is 19.1 Å². The van der Waals surface area contributed by atoms with E-state index in [1.807, 2.05) is 0 Å². The molecule has 5 heteroatoms. The highest BCUT2D eigenvalue weighted by atomic mass is 19.3. The maximum absolute atomic E-state index is 12.6. The molecule has 0 N–H and O–H groups in total. The molecule has 0 atom stereocenters. The van der Waals surface area contributed by atoms with Gasteiger partial charge in [0.25, 0.3) is 6.43 Å². The number of aldehydes is 2. The second kappa shape index (κ2) is 5.34. The van der Waals surface area contributed by atoms with Gasteiger partial charge in [-0.1, -0.05) is 0 Å². The van der Waals surface area contributed by atoms with Crippen molar-refractivity contribution < 1.29 is 23.1 Å². The second-order valence-corrected chi connectivity index (χ2v) is 2.99. The van der Waals surface area contributed by atoms with Gasteiger partial charge >= 0.3 is 0 Å². The van der Waals surface area contributed by atoms with E-state index in [0.29, 0.717) is 12.6 Å². The summed E-state index contributed by atoms with van der Waals surface area (Å²) in [6, 6.07) is 2.13. The molecular formula is C11H10F2O3. The Morgan fingerprint density at radius 2 is 1.81 bits per heavy atom. The van der Waals surface area contributed by atoms with E-state index < -0.39 is 6.43 Å². The molecule has 0 aliphatic carbocycles. The maximum atomic E-state index is 12.6. The molecule has 1 aromatic rings. The minimum absolute atomic E-state index is 0.0443. The van der Waals surface area contributed by atoms with Crippen LogP contribution in [0.3, 0.4) is 0 Å². The molecule has 0 heterocycles.